The fraction of sp³-hybridized carbons (Fsp3) is 0.500. The number of aliphatic hydroxyl groups is 1. The lowest BCUT2D eigenvalue weighted by Crippen LogP contribution is -2.26. The number of phenolic OH excluding ortho intramolecular Hbond substituents is 1. The minimum Gasteiger partial charge on any atom is -0.507 e. The molecule has 0 fully saturated rings. The molecule has 0 bridgehead atoms. The SMILES string of the molecule is CCC[C@@H](O)[C@@H](N)c1c(O)cccc1OC. The zero-order chi connectivity index (χ0) is 12.1. The first-order chi connectivity index (χ1) is 7.61. The number of ether oxygens (including phenoxy) is 1. The Hall–Kier alpha value is -1.26. The summed E-state index contributed by atoms with van der Waals surface area (Å²) in [6.45, 7) is 1.97. The van der Waals surface area contributed by atoms with Gasteiger partial charge >= 0.3 is 0 Å². The molecule has 4 heteroatoms. The Bertz CT molecular complexity index is 341. The Morgan fingerprint density at radius 3 is 2.69 bits per heavy atom. The van der Waals surface area contributed by atoms with Crippen molar-refractivity contribution in [3.8, 4) is 11.5 Å². The molecule has 0 saturated carbocycles. The van der Waals surface area contributed by atoms with Crippen molar-refractivity contribution in [3.63, 3.8) is 0 Å². The third-order valence-electron chi connectivity index (χ3n) is 2.60. The van der Waals surface area contributed by atoms with E-state index in [1.807, 2.05) is 6.92 Å². The van der Waals surface area contributed by atoms with E-state index < -0.39 is 12.1 Å². The summed E-state index contributed by atoms with van der Waals surface area (Å²) >= 11 is 0. The molecule has 1 aromatic rings. The number of hydrogen-bond donors (Lipinski definition) is 3. The molecular weight excluding hydrogens is 206 g/mol. The van der Waals surface area contributed by atoms with Gasteiger partial charge in [0.1, 0.15) is 11.5 Å². The fourth-order valence-corrected chi connectivity index (χ4v) is 1.71. The van der Waals surface area contributed by atoms with Crippen LogP contribution in [0.5, 0.6) is 11.5 Å². The minimum absolute atomic E-state index is 0.0574. The number of methoxy groups -OCH3 is 1. The lowest BCUT2D eigenvalue weighted by Gasteiger charge is -2.21. The molecule has 0 aliphatic heterocycles. The van der Waals surface area contributed by atoms with E-state index in [9.17, 15) is 10.2 Å². The fourth-order valence-electron chi connectivity index (χ4n) is 1.71. The van der Waals surface area contributed by atoms with Gasteiger partial charge in [-0.05, 0) is 18.6 Å². The Balaban J connectivity index is 3.01. The maximum Gasteiger partial charge on any atom is 0.127 e. The highest BCUT2D eigenvalue weighted by Gasteiger charge is 2.22. The van der Waals surface area contributed by atoms with Crippen molar-refractivity contribution in [3.05, 3.63) is 23.8 Å². The maximum atomic E-state index is 9.82. The van der Waals surface area contributed by atoms with E-state index in [0.29, 0.717) is 17.7 Å². The summed E-state index contributed by atoms with van der Waals surface area (Å²) in [6, 6.07) is 4.30. The van der Waals surface area contributed by atoms with Gasteiger partial charge in [-0.3, -0.25) is 0 Å². The highest BCUT2D eigenvalue weighted by molar-refractivity contribution is 5.46. The van der Waals surface area contributed by atoms with Crippen LogP contribution in [-0.4, -0.2) is 23.4 Å². The number of hydrogen-bond acceptors (Lipinski definition) is 4. The first-order valence-corrected chi connectivity index (χ1v) is 5.41. The van der Waals surface area contributed by atoms with E-state index in [1.54, 1.807) is 12.1 Å². The molecule has 0 aliphatic rings. The predicted octanol–water partition coefficient (Wildman–Crippen LogP) is 1.56. The van der Waals surface area contributed by atoms with E-state index in [1.165, 1.54) is 13.2 Å². The van der Waals surface area contributed by atoms with Gasteiger partial charge in [-0.15, -0.1) is 0 Å². The van der Waals surface area contributed by atoms with Crippen LogP contribution in [0.1, 0.15) is 31.4 Å². The molecule has 90 valence electrons. The Labute approximate surface area is 95.7 Å². The third-order valence-corrected chi connectivity index (χ3v) is 2.60. The zero-order valence-corrected chi connectivity index (χ0v) is 9.68. The van der Waals surface area contributed by atoms with Crippen LogP contribution in [0.15, 0.2) is 18.2 Å². The van der Waals surface area contributed by atoms with Crippen LogP contribution in [-0.2, 0) is 0 Å². The second kappa shape index (κ2) is 5.72. The van der Waals surface area contributed by atoms with Crippen molar-refractivity contribution in [2.45, 2.75) is 31.9 Å². The van der Waals surface area contributed by atoms with Crippen molar-refractivity contribution in [2.24, 2.45) is 5.73 Å². The van der Waals surface area contributed by atoms with Crippen molar-refractivity contribution < 1.29 is 14.9 Å². The zero-order valence-electron chi connectivity index (χ0n) is 9.68. The van der Waals surface area contributed by atoms with E-state index in [2.05, 4.69) is 0 Å². The summed E-state index contributed by atoms with van der Waals surface area (Å²) in [6.07, 6.45) is 0.760. The van der Waals surface area contributed by atoms with Crippen LogP contribution in [0.2, 0.25) is 0 Å². The van der Waals surface area contributed by atoms with Crippen molar-refractivity contribution in [1.82, 2.24) is 0 Å². The molecule has 16 heavy (non-hydrogen) atoms. The van der Waals surface area contributed by atoms with Crippen LogP contribution in [0.4, 0.5) is 0 Å². The number of nitrogens with two attached hydrogens (primary N) is 1. The largest absolute Gasteiger partial charge is 0.507 e. The minimum atomic E-state index is -0.674. The van der Waals surface area contributed by atoms with Crippen LogP contribution in [0.3, 0.4) is 0 Å². The molecule has 4 N–H and O–H groups in total. The number of rotatable bonds is 5. The monoisotopic (exact) mass is 225 g/mol. The second-order valence-corrected chi connectivity index (χ2v) is 3.77. The Morgan fingerprint density at radius 2 is 2.12 bits per heavy atom. The standard InChI is InChI=1S/C12H19NO3/c1-3-5-9(15)12(13)11-8(14)6-4-7-10(11)16-2/h4,6-7,9,12,14-15H,3,5,13H2,1-2H3/t9-,12-/m1/s1. The molecule has 0 amide bonds. The lowest BCUT2D eigenvalue weighted by molar-refractivity contribution is 0.132. The first-order valence-electron chi connectivity index (χ1n) is 5.41. The van der Waals surface area contributed by atoms with Gasteiger partial charge in [0, 0.05) is 0 Å². The molecule has 4 nitrogen and oxygen atoms in total. The van der Waals surface area contributed by atoms with Crippen LogP contribution in [0, 0.1) is 0 Å². The average Bonchev–Trinajstić information content (AvgIpc) is 2.28. The van der Waals surface area contributed by atoms with E-state index >= 15 is 0 Å². The molecule has 0 radical (unpaired) electrons. The first kappa shape index (κ1) is 12.8. The quantitative estimate of drug-likeness (QED) is 0.711. The molecule has 0 unspecified atom stereocenters. The number of aromatic hydroxyl groups is 1. The summed E-state index contributed by atoms with van der Waals surface area (Å²) in [5.74, 6) is 0.560. The molecule has 0 spiro atoms. The van der Waals surface area contributed by atoms with E-state index in [4.69, 9.17) is 10.5 Å². The molecule has 0 saturated heterocycles. The lowest BCUT2D eigenvalue weighted by atomic mass is 9.97. The smallest absolute Gasteiger partial charge is 0.127 e. The van der Waals surface area contributed by atoms with Crippen molar-refractivity contribution in [2.75, 3.05) is 7.11 Å². The number of phenols is 1. The van der Waals surface area contributed by atoms with Gasteiger partial charge in [0.05, 0.1) is 24.8 Å². The van der Waals surface area contributed by atoms with Crippen molar-refractivity contribution >= 4 is 0 Å². The molecule has 2 atom stereocenters. The van der Waals surface area contributed by atoms with Gasteiger partial charge < -0.3 is 20.7 Å². The maximum absolute atomic E-state index is 9.82. The van der Waals surface area contributed by atoms with Gasteiger partial charge in [-0.25, -0.2) is 0 Å². The summed E-state index contributed by atoms with van der Waals surface area (Å²) in [4.78, 5) is 0. The van der Waals surface area contributed by atoms with Gasteiger partial charge in [-0.2, -0.15) is 0 Å². The molecule has 1 rings (SSSR count). The van der Waals surface area contributed by atoms with Crippen LogP contribution >= 0.6 is 0 Å². The van der Waals surface area contributed by atoms with Gasteiger partial charge in [0.25, 0.3) is 0 Å². The summed E-state index contributed by atoms with van der Waals surface area (Å²) in [5.41, 5.74) is 6.38. The predicted molar refractivity (Wildman–Crippen MR) is 62.5 cm³/mol. The van der Waals surface area contributed by atoms with Crippen LogP contribution in [0.25, 0.3) is 0 Å². The van der Waals surface area contributed by atoms with Crippen molar-refractivity contribution in [1.29, 1.82) is 0 Å². The molecular formula is C12H19NO3. The van der Waals surface area contributed by atoms with Gasteiger partial charge in [0.2, 0.25) is 0 Å². The summed E-state index contributed by atoms with van der Waals surface area (Å²) in [5, 5.41) is 19.6. The van der Waals surface area contributed by atoms with Crippen LogP contribution < -0.4 is 10.5 Å². The molecule has 0 aromatic heterocycles. The molecule has 1 aromatic carbocycles. The topological polar surface area (TPSA) is 75.7 Å². The van der Waals surface area contributed by atoms with E-state index in [-0.39, 0.29) is 5.75 Å². The third kappa shape index (κ3) is 2.65. The van der Waals surface area contributed by atoms with Gasteiger partial charge in [-0.1, -0.05) is 19.4 Å². The average molecular weight is 225 g/mol. The number of aliphatic hydroxyl groups excluding tert-OH is 1. The highest BCUT2D eigenvalue weighted by atomic mass is 16.5. The normalized spacial score (nSPS) is 14.5. The Morgan fingerprint density at radius 1 is 1.44 bits per heavy atom. The molecule has 0 aliphatic carbocycles. The molecule has 0 heterocycles. The number of benzene rings is 1. The summed E-state index contributed by atoms with van der Waals surface area (Å²) in [7, 11) is 1.51. The van der Waals surface area contributed by atoms with Gasteiger partial charge in [0.15, 0.2) is 0 Å². The second-order valence-electron chi connectivity index (χ2n) is 3.77. The van der Waals surface area contributed by atoms with E-state index in [0.717, 1.165) is 6.42 Å². The highest BCUT2D eigenvalue weighted by Crippen LogP contribution is 2.34. The Kier molecular flexibility index (Phi) is 4.58. The summed E-state index contributed by atoms with van der Waals surface area (Å²) < 4.78 is 5.12.